The predicted octanol–water partition coefficient (Wildman–Crippen LogP) is 2.85. The maximum atomic E-state index is 5.46. The Balaban J connectivity index is 2.47. The van der Waals surface area contributed by atoms with Crippen LogP contribution in [0.25, 0.3) is 10.8 Å². The Bertz CT molecular complexity index is 578. The standard InChI is InChI=1S/C16H21N3/c1-11(2)15(10-19-16(17)18)14-9-5-7-12-6-3-4-8-13(12)14/h3-9,11,15H,10H2,1-2H3,(H4,17,18,19). The molecule has 4 N–H and O–H groups in total. The third-order valence-corrected chi connectivity index (χ3v) is 3.50. The molecule has 3 heteroatoms. The lowest BCUT2D eigenvalue weighted by molar-refractivity contribution is 0.510. The van der Waals surface area contributed by atoms with Crippen molar-refractivity contribution in [3.05, 3.63) is 48.0 Å². The summed E-state index contributed by atoms with van der Waals surface area (Å²) in [5.74, 6) is 0.966. The molecule has 2 aromatic rings. The lowest BCUT2D eigenvalue weighted by Gasteiger charge is -2.21. The number of rotatable bonds is 4. The van der Waals surface area contributed by atoms with Gasteiger partial charge in [0.2, 0.25) is 0 Å². The van der Waals surface area contributed by atoms with Gasteiger partial charge in [-0.3, -0.25) is 4.99 Å². The number of nitrogens with zero attached hydrogens (tertiary/aromatic N) is 1. The van der Waals surface area contributed by atoms with Crippen molar-refractivity contribution in [2.75, 3.05) is 6.54 Å². The molecule has 2 rings (SSSR count). The van der Waals surface area contributed by atoms with E-state index in [1.54, 1.807) is 0 Å². The monoisotopic (exact) mass is 255 g/mol. The molecule has 0 aliphatic rings. The summed E-state index contributed by atoms with van der Waals surface area (Å²) in [5, 5.41) is 2.55. The van der Waals surface area contributed by atoms with Crippen LogP contribution in [0.15, 0.2) is 47.5 Å². The molecule has 0 fully saturated rings. The summed E-state index contributed by atoms with van der Waals surface area (Å²) in [4.78, 5) is 4.20. The topological polar surface area (TPSA) is 64.4 Å². The van der Waals surface area contributed by atoms with Crippen LogP contribution in [-0.2, 0) is 0 Å². The normalized spacial score (nSPS) is 12.6. The van der Waals surface area contributed by atoms with Crippen molar-refractivity contribution in [2.45, 2.75) is 19.8 Å². The van der Waals surface area contributed by atoms with E-state index in [-0.39, 0.29) is 5.96 Å². The van der Waals surface area contributed by atoms with Gasteiger partial charge in [-0.1, -0.05) is 56.3 Å². The molecule has 0 bridgehead atoms. The van der Waals surface area contributed by atoms with Gasteiger partial charge in [0.25, 0.3) is 0 Å². The summed E-state index contributed by atoms with van der Waals surface area (Å²) in [6.07, 6.45) is 0. The minimum atomic E-state index is 0.158. The summed E-state index contributed by atoms with van der Waals surface area (Å²) in [5.41, 5.74) is 12.2. The van der Waals surface area contributed by atoms with E-state index in [0.29, 0.717) is 18.4 Å². The van der Waals surface area contributed by atoms with Gasteiger partial charge in [0, 0.05) is 12.5 Å². The highest BCUT2D eigenvalue weighted by atomic mass is 15.0. The van der Waals surface area contributed by atoms with Crippen LogP contribution in [0, 0.1) is 5.92 Å². The third kappa shape index (κ3) is 3.05. The number of benzene rings is 2. The molecule has 0 radical (unpaired) electrons. The van der Waals surface area contributed by atoms with E-state index < -0.39 is 0 Å². The SMILES string of the molecule is CC(C)C(CN=C(N)N)c1cccc2ccccc12. The van der Waals surface area contributed by atoms with Crippen molar-refractivity contribution in [3.8, 4) is 0 Å². The second kappa shape index (κ2) is 5.74. The summed E-state index contributed by atoms with van der Waals surface area (Å²) >= 11 is 0. The first kappa shape index (κ1) is 13.4. The van der Waals surface area contributed by atoms with E-state index in [2.05, 4.69) is 61.3 Å². The van der Waals surface area contributed by atoms with E-state index in [1.165, 1.54) is 16.3 Å². The third-order valence-electron chi connectivity index (χ3n) is 3.50. The smallest absolute Gasteiger partial charge is 0.185 e. The molecule has 100 valence electrons. The minimum absolute atomic E-state index is 0.158. The fraction of sp³-hybridized carbons (Fsp3) is 0.312. The van der Waals surface area contributed by atoms with Crippen LogP contribution in [0.2, 0.25) is 0 Å². The van der Waals surface area contributed by atoms with Gasteiger partial charge in [-0.15, -0.1) is 0 Å². The van der Waals surface area contributed by atoms with E-state index in [0.717, 1.165) is 0 Å². The maximum absolute atomic E-state index is 5.46. The van der Waals surface area contributed by atoms with Gasteiger partial charge in [0.05, 0.1) is 0 Å². The first-order valence-corrected chi connectivity index (χ1v) is 6.62. The summed E-state index contributed by atoms with van der Waals surface area (Å²) in [6, 6.07) is 14.8. The number of hydrogen-bond acceptors (Lipinski definition) is 1. The van der Waals surface area contributed by atoms with Gasteiger partial charge in [-0.2, -0.15) is 0 Å². The molecule has 2 aromatic carbocycles. The highest BCUT2D eigenvalue weighted by Gasteiger charge is 2.17. The van der Waals surface area contributed by atoms with Crippen LogP contribution in [-0.4, -0.2) is 12.5 Å². The Kier molecular flexibility index (Phi) is 4.05. The van der Waals surface area contributed by atoms with Crippen LogP contribution >= 0.6 is 0 Å². The number of nitrogens with two attached hydrogens (primary N) is 2. The molecule has 3 nitrogen and oxygen atoms in total. The Morgan fingerprint density at radius 1 is 1.05 bits per heavy atom. The average Bonchev–Trinajstić information content (AvgIpc) is 2.38. The predicted molar refractivity (Wildman–Crippen MR) is 82.2 cm³/mol. The second-order valence-electron chi connectivity index (χ2n) is 5.18. The van der Waals surface area contributed by atoms with Gasteiger partial charge < -0.3 is 11.5 Å². The van der Waals surface area contributed by atoms with Crippen LogP contribution < -0.4 is 11.5 Å². The van der Waals surface area contributed by atoms with E-state index >= 15 is 0 Å². The molecule has 1 atom stereocenters. The van der Waals surface area contributed by atoms with Crippen molar-refractivity contribution in [2.24, 2.45) is 22.4 Å². The van der Waals surface area contributed by atoms with Crippen LogP contribution in [0.4, 0.5) is 0 Å². The summed E-state index contributed by atoms with van der Waals surface area (Å²) in [7, 11) is 0. The van der Waals surface area contributed by atoms with Gasteiger partial charge in [-0.05, 0) is 22.3 Å². The van der Waals surface area contributed by atoms with Gasteiger partial charge in [0.15, 0.2) is 5.96 Å². The molecule has 19 heavy (non-hydrogen) atoms. The molecule has 1 unspecified atom stereocenters. The fourth-order valence-corrected chi connectivity index (χ4v) is 2.45. The second-order valence-corrected chi connectivity index (χ2v) is 5.18. The minimum Gasteiger partial charge on any atom is -0.370 e. The zero-order valence-corrected chi connectivity index (χ0v) is 11.5. The van der Waals surface area contributed by atoms with Crippen molar-refractivity contribution in [1.82, 2.24) is 0 Å². The van der Waals surface area contributed by atoms with Crippen LogP contribution in [0.1, 0.15) is 25.3 Å². The van der Waals surface area contributed by atoms with Crippen molar-refractivity contribution >= 4 is 16.7 Å². The Labute approximate surface area is 114 Å². The van der Waals surface area contributed by atoms with Crippen LogP contribution in [0.3, 0.4) is 0 Å². The van der Waals surface area contributed by atoms with Crippen molar-refractivity contribution in [1.29, 1.82) is 0 Å². The lowest BCUT2D eigenvalue weighted by Crippen LogP contribution is -2.24. The number of fused-ring (bicyclic) bond motifs is 1. The molecule has 0 aliphatic heterocycles. The number of guanidine groups is 1. The number of aliphatic imine (C=N–C) groups is 1. The van der Waals surface area contributed by atoms with Gasteiger partial charge in [0.1, 0.15) is 0 Å². The maximum Gasteiger partial charge on any atom is 0.185 e. The lowest BCUT2D eigenvalue weighted by atomic mass is 9.85. The Hall–Kier alpha value is -2.03. The Morgan fingerprint density at radius 2 is 1.74 bits per heavy atom. The molecule has 0 spiro atoms. The van der Waals surface area contributed by atoms with Gasteiger partial charge in [-0.25, -0.2) is 0 Å². The molecule has 0 aromatic heterocycles. The van der Waals surface area contributed by atoms with Crippen LogP contribution in [0.5, 0.6) is 0 Å². The summed E-state index contributed by atoms with van der Waals surface area (Å²) in [6.45, 7) is 5.04. The molecular weight excluding hydrogens is 234 g/mol. The molecule has 0 amide bonds. The van der Waals surface area contributed by atoms with E-state index in [4.69, 9.17) is 11.5 Å². The zero-order valence-electron chi connectivity index (χ0n) is 11.5. The van der Waals surface area contributed by atoms with Crippen molar-refractivity contribution in [3.63, 3.8) is 0 Å². The Morgan fingerprint density at radius 3 is 2.42 bits per heavy atom. The average molecular weight is 255 g/mol. The molecular formula is C16H21N3. The molecule has 0 aliphatic carbocycles. The first-order chi connectivity index (χ1) is 9.09. The first-order valence-electron chi connectivity index (χ1n) is 6.62. The van der Waals surface area contributed by atoms with Gasteiger partial charge >= 0.3 is 0 Å². The zero-order chi connectivity index (χ0) is 13.8. The van der Waals surface area contributed by atoms with Crippen molar-refractivity contribution < 1.29 is 0 Å². The quantitative estimate of drug-likeness (QED) is 0.651. The highest BCUT2D eigenvalue weighted by Crippen LogP contribution is 2.30. The summed E-state index contributed by atoms with van der Waals surface area (Å²) < 4.78 is 0. The number of hydrogen-bond donors (Lipinski definition) is 2. The molecule has 0 saturated carbocycles. The van der Waals surface area contributed by atoms with E-state index in [1.807, 2.05) is 0 Å². The van der Waals surface area contributed by atoms with E-state index in [9.17, 15) is 0 Å². The molecule has 0 heterocycles. The largest absolute Gasteiger partial charge is 0.370 e. The highest BCUT2D eigenvalue weighted by molar-refractivity contribution is 5.86. The molecule has 0 saturated heterocycles. The fourth-order valence-electron chi connectivity index (χ4n) is 2.45.